The van der Waals surface area contributed by atoms with Crippen molar-refractivity contribution in [2.24, 2.45) is 0 Å². The van der Waals surface area contributed by atoms with Gasteiger partial charge in [-0.3, -0.25) is 4.79 Å². The van der Waals surface area contributed by atoms with Crippen LogP contribution in [0.1, 0.15) is 45.4 Å². The Bertz CT molecular complexity index is 616. The highest BCUT2D eigenvalue weighted by Crippen LogP contribution is 2.32. The summed E-state index contributed by atoms with van der Waals surface area (Å²) in [6, 6.07) is 6.25. The van der Waals surface area contributed by atoms with Gasteiger partial charge in [-0.15, -0.1) is 0 Å². The maximum absolute atomic E-state index is 11.3. The summed E-state index contributed by atoms with van der Waals surface area (Å²) in [4.78, 5) is 16.0. The third-order valence-corrected chi connectivity index (χ3v) is 6.40. The van der Waals surface area contributed by atoms with Crippen LogP contribution < -0.4 is 10.2 Å². The van der Waals surface area contributed by atoms with E-state index >= 15 is 0 Å². The first-order chi connectivity index (χ1) is 14.0. The van der Waals surface area contributed by atoms with Crippen molar-refractivity contribution in [3.63, 3.8) is 0 Å². The van der Waals surface area contributed by atoms with E-state index in [0.717, 1.165) is 51.3 Å². The van der Waals surface area contributed by atoms with Crippen LogP contribution in [0.4, 0.5) is 5.69 Å². The number of carbonyl (C=O) groups is 1. The molecule has 2 aliphatic rings. The fourth-order valence-electron chi connectivity index (χ4n) is 3.78. The molecule has 164 valence electrons. The minimum Gasteiger partial charge on any atom is -0.384 e. The lowest BCUT2D eigenvalue weighted by atomic mass is 9.95. The molecule has 0 spiro atoms. The Morgan fingerprint density at radius 1 is 1.14 bits per heavy atom. The van der Waals surface area contributed by atoms with Crippen LogP contribution in [-0.4, -0.2) is 63.3 Å². The summed E-state index contributed by atoms with van der Waals surface area (Å²) in [5.74, 6) is 0.133. The maximum Gasteiger partial charge on any atom is 0.222 e. The topological polar surface area (TPSA) is 44.8 Å². The molecule has 2 fully saturated rings. The molecule has 1 saturated heterocycles. The van der Waals surface area contributed by atoms with Gasteiger partial charge in [0.2, 0.25) is 5.91 Å². The summed E-state index contributed by atoms with van der Waals surface area (Å²) < 4.78 is 4.84. The van der Waals surface area contributed by atoms with Crippen molar-refractivity contribution in [2.75, 3.05) is 51.3 Å². The number of hydrogen-bond acceptors (Lipinski definition) is 4. The largest absolute Gasteiger partial charge is 0.384 e. The summed E-state index contributed by atoms with van der Waals surface area (Å²) in [6.45, 7) is 8.08. The molecular formula is C22H35Cl2N3O2. The summed E-state index contributed by atoms with van der Waals surface area (Å²) in [5.41, 5.74) is 1.06. The lowest BCUT2D eigenvalue weighted by Gasteiger charge is -2.36. The zero-order chi connectivity index (χ0) is 21.1. The highest BCUT2D eigenvalue weighted by atomic mass is 35.5. The van der Waals surface area contributed by atoms with Crippen molar-refractivity contribution < 1.29 is 9.53 Å². The van der Waals surface area contributed by atoms with Crippen LogP contribution in [0.15, 0.2) is 18.2 Å². The van der Waals surface area contributed by atoms with Crippen molar-refractivity contribution in [3.8, 4) is 0 Å². The molecule has 1 amide bonds. The van der Waals surface area contributed by atoms with Gasteiger partial charge >= 0.3 is 0 Å². The second kappa shape index (κ2) is 13.3. The first-order valence-electron chi connectivity index (χ1n) is 10.7. The quantitative estimate of drug-likeness (QED) is 0.696. The molecular weight excluding hydrogens is 409 g/mol. The van der Waals surface area contributed by atoms with E-state index in [1.165, 1.54) is 19.3 Å². The molecule has 29 heavy (non-hydrogen) atoms. The molecule has 0 bridgehead atoms. The Labute approximate surface area is 185 Å². The summed E-state index contributed by atoms with van der Waals surface area (Å²) in [5, 5.41) is 4.35. The van der Waals surface area contributed by atoms with Crippen LogP contribution >= 0.6 is 23.2 Å². The lowest BCUT2D eigenvalue weighted by Crippen LogP contribution is -2.46. The molecule has 1 aliphatic heterocycles. The monoisotopic (exact) mass is 443 g/mol. The minimum atomic E-state index is 0.133. The van der Waals surface area contributed by atoms with Gasteiger partial charge in [0.1, 0.15) is 0 Å². The zero-order valence-electron chi connectivity index (χ0n) is 17.8. The average molecular weight is 444 g/mol. The van der Waals surface area contributed by atoms with Crippen LogP contribution in [0, 0.1) is 0 Å². The molecule has 1 aromatic rings. The lowest BCUT2D eigenvalue weighted by molar-refractivity contribution is -0.122. The van der Waals surface area contributed by atoms with Crippen molar-refractivity contribution in [1.82, 2.24) is 10.2 Å². The molecule has 5 nitrogen and oxygen atoms in total. The molecule has 1 heterocycles. The Kier molecular flexibility index (Phi) is 11.1. The number of hydrogen-bond donors (Lipinski definition) is 1. The number of nitrogens with one attached hydrogen (secondary N) is 1. The van der Waals surface area contributed by atoms with Gasteiger partial charge in [0.15, 0.2) is 0 Å². The van der Waals surface area contributed by atoms with E-state index in [2.05, 4.69) is 22.0 Å². The number of halogens is 2. The summed E-state index contributed by atoms with van der Waals surface area (Å²) >= 11 is 12.2. The van der Waals surface area contributed by atoms with Gasteiger partial charge in [0, 0.05) is 45.8 Å². The SMILES string of the molecule is CCN1CCN(c2cccc(Cl)c2Cl)CC1.COCCC(=O)NC1CCCCC1. The second-order valence-corrected chi connectivity index (χ2v) is 8.42. The average Bonchev–Trinajstić information content (AvgIpc) is 2.75. The molecule has 3 rings (SSSR count). The van der Waals surface area contributed by atoms with Crippen LogP contribution in [0.5, 0.6) is 0 Å². The molecule has 7 heteroatoms. The molecule has 0 aromatic heterocycles. The van der Waals surface area contributed by atoms with Gasteiger partial charge < -0.3 is 19.9 Å². The second-order valence-electron chi connectivity index (χ2n) is 7.64. The van der Waals surface area contributed by atoms with Gasteiger partial charge in [0.05, 0.1) is 22.3 Å². The number of anilines is 1. The number of amides is 1. The Balaban J connectivity index is 0.000000212. The summed E-state index contributed by atoms with van der Waals surface area (Å²) in [6.07, 6.45) is 6.64. The Hall–Kier alpha value is -1.01. The first kappa shape index (κ1) is 24.3. The van der Waals surface area contributed by atoms with Crippen LogP contribution in [0.2, 0.25) is 10.0 Å². The van der Waals surface area contributed by atoms with Gasteiger partial charge in [-0.2, -0.15) is 0 Å². The fraction of sp³-hybridized carbons (Fsp3) is 0.682. The Morgan fingerprint density at radius 3 is 2.45 bits per heavy atom. The number of piperazine rings is 1. The molecule has 1 saturated carbocycles. The van der Waals surface area contributed by atoms with Crippen LogP contribution in [0.3, 0.4) is 0 Å². The first-order valence-corrected chi connectivity index (χ1v) is 11.5. The molecule has 1 aromatic carbocycles. The number of methoxy groups -OCH3 is 1. The maximum atomic E-state index is 11.3. The van der Waals surface area contributed by atoms with E-state index in [1.807, 2.05) is 18.2 Å². The van der Waals surface area contributed by atoms with Crippen LogP contribution in [-0.2, 0) is 9.53 Å². The highest BCUT2D eigenvalue weighted by Gasteiger charge is 2.18. The highest BCUT2D eigenvalue weighted by molar-refractivity contribution is 6.43. The number of benzene rings is 1. The van der Waals surface area contributed by atoms with Gasteiger partial charge in [0.25, 0.3) is 0 Å². The number of nitrogens with zero attached hydrogens (tertiary/aromatic N) is 2. The molecule has 0 unspecified atom stereocenters. The van der Waals surface area contributed by atoms with E-state index < -0.39 is 0 Å². The smallest absolute Gasteiger partial charge is 0.222 e. The number of carbonyl (C=O) groups excluding carboxylic acids is 1. The van der Waals surface area contributed by atoms with E-state index in [1.54, 1.807) is 7.11 Å². The zero-order valence-corrected chi connectivity index (χ0v) is 19.3. The summed E-state index contributed by atoms with van der Waals surface area (Å²) in [7, 11) is 1.62. The van der Waals surface area contributed by atoms with Gasteiger partial charge in [-0.1, -0.05) is 55.5 Å². The van der Waals surface area contributed by atoms with E-state index in [9.17, 15) is 4.79 Å². The van der Waals surface area contributed by atoms with Gasteiger partial charge in [-0.05, 0) is 31.5 Å². The molecule has 1 N–H and O–H groups in total. The van der Waals surface area contributed by atoms with E-state index in [0.29, 0.717) is 29.1 Å². The number of rotatable bonds is 6. The number of likely N-dealkylation sites (N-methyl/N-ethyl adjacent to an activating group) is 1. The molecule has 0 radical (unpaired) electrons. The molecule has 0 atom stereocenters. The third kappa shape index (κ3) is 8.33. The predicted molar refractivity (Wildman–Crippen MR) is 122 cm³/mol. The standard InChI is InChI=1S/C12H16Cl2N2.C10H19NO2/c1-2-15-6-8-16(9-7-15)11-5-3-4-10(13)12(11)14;1-13-8-7-10(12)11-9-5-3-2-4-6-9/h3-5H,2,6-9H2,1H3;9H,2-8H2,1H3,(H,11,12). The van der Waals surface area contributed by atoms with Crippen LogP contribution in [0.25, 0.3) is 0 Å². The fourth-order valence-corrected chi connectivity index (χ4v) is 4.20. The van der Waals surface area contributed by atoms with E-state index in [-0.39, 0.29) is 5.91 Å². The van der Waals surface area contributed by atoms with Crippen molar-refractivity contribution in [2.45, 2.75) is 51.5 Å². The van der Waals surface area contributed by atoms with Crippen molar-refractivity contribution >= 4 is 34.8 Å². The third-order valence-electron chi connectivity index (χ3n) is 5.59. The molecule has 1 aliphatic carbocycles. The minimum absolute atomic E-state index is 0.133. The van der Waals surface area contributed by atoms with Crippen molar-refractivity contribution in [1.29, 1.82) is 0 Å². The van der Waals surface area contributed by atoms with E-state index in [4.69, 9.17) is 27.9 Å². The Morgan fingerprint density at radius 2 is 1.83 bits per heavy atom. The van der Waals surface area contributed by atoms with Crippen molar-refractivity contribution in [3.05, 3.63) is 28.2 Å². The predicted octanol–water partition coefficient (Wildman–Crippen LogP) is 4.61. The van der Waals surface area contributed by atoms with Gasteiger partial charge in [-0.25, -0.2) is 0 Å². The number of ether oxygens (including phenoxy) is 1. The normalized spacial score (nSPS) is 18.1.